The molecule has 24 heavy (non-hydrogen) atoms. The molecular weight excluding hydrogens is 308 g/mol. The summed E-state index contributed by atoms with van der Waals surface area (Å²) in [4.78, 5) is 26.4. The Morgan fingerprint density at radius 2 is 2.04 bits per heavy atom. The van der Waals surface area contributed by atoms with Gasteiger partial charge in [-0.1, -0.05) is 11.8 Å². The largest absolute Gasteiger partial charge is 0.465 e. The predicted molar refractivity (Wildman–Crippen MR) is 90.8 cm³/mol. The standard InChI is InChI=1S/C18H20N2O4/c1-18(2,3)24-17(22)20-8-5-6-12-10-14(16(21)23-4)13-7-9-19-15(13)11-12/h7,9-11,19H,8H2,1-4H3,(H,20,22). The Bertz CT molecular complexity index is 819. The molecule has 0 saturated heterocycles. The summed E-state index contributed by atoms with van der Waals surface area (Å²) in [5.74, 6) is 5.33. The van der Waals surface area contributed by atoms with Gasteiger partial charge in [-0.05, 0) is 39.0 Å². The van der Waals surface area contributed by atoms with Crippen LogP contribution in [-0.4, -0.2) is 36.3 Å². The van der Waals surface area contributed by atoms with E-state index in [0.717, 1.165) is 10.9 Å². The number of hydrogen-bond donors (Lipinski definition) is 2. The highest BCUT2D eigenvalue weighted by atomic mass is 16.6. The number of nitrogens with one attached hydrogen (secondary N) is 2. The second-order valence-electron chi connectivity index (χ2n) is 6.11. The van der Waals surface area contributed by atoms with Gasteiger partial charge < -0.3 is 19.8 Å². The number of alkyl carbamates (subject to hydrolysis) is 1. The van der Waals surface area contributed by atoms with Crippen LogP contribution in [0.25, 0.3) is 10.9 Å². The summed E-state index contributed by atoms with van der Waals surface area (Å²) < 4.78 is 9.92. The lowest BCUT2D eigenvalue weighted by molar-refractivity contribution is 0.0533. The summed E-state index contributed by atoms with van der Waals surface area (Å²) >= 11 is 0. The molecule has 1 aromatic carbocycles. The molecule has 0 bridgehead atoms. The lowest BCUT2D eigenvalue weighted by Gasteiger charge is -2.19. The summed E-state index contributed by atoms with van der Waals surface area (Å²) in [6.45, 7) is 5.51. The minimum atomic E-state index is -0.550. The first-order valence-corrected chi connectivity index (χ1v) is 7.45. The van der Waals surface area contributed by atoms with E-state index in [0.29, 0.717) is 11.1 Å². The molecule has 2 rings (SSSR count). The average Bonchev–Trinajstić information content (AvgIpc) is 2.96. The normalized spacial score (nSPS) is 10.7. The number of methoxy groups -OCH3 is 1. The van der Waals surface area contributed by atoms with Gasteiger partial charge in [0.2, 0.25) is 0 Å². The highest BCUT2D eigenvalue weighted by molar-refractivity contribution is 6.04. The Morgan fingerprint density at radius 1 is 1.29 bits per heavy atom. The second kappa shape index (κ2) is 7.09. The molecule has 1 aromatic heterocycles. The molecule has 2 N–H and O–H groups in total. The summed E-state index contributed by atoms with van der Waals surface area (Å²) in [5, 5.41) is 3.33. The number of carbonyl (C=O) groups is 2. The van der Waals surface area contributed by atoms with E-state index in [-0.39, 0.29) is 6.54 Å². The van der Waals surface area contributed by atoms with Crippen molar-refractivity contribution >= 4 is 23.0 Å². The number of fused-ring (bicyclic) bond motifs is 1. The van der Waals surface area contributed by atoms with Crippen molar-refractivity contribution in [1.82, 2.24) is 10.3 Å². The predicted octanol–water partition coefficient (Wildman–Crippen LogP) is 2.83. The fourth-order valence-corrected chi connectivity index (χ4v) is 2.09. The van der Waals surface area contributed by atoms with Crippen molar-refractivity contribution in [1.29, 1.82) is 0 Å². The van der Waals surface area contributed by atoms with Crippen molar-refractivity contribution in [2.75, 3.05) is 13.7 Å². The van der Waals surface area contributed by atoms with Crippen LogP contribution in [0.3, 0.4) is 0 Å². The maximum Gasteiger partial charge on any atom is 0.408 e. The van der Waals surface area contributed by atoms with Crippen LogP contribution in [0.5, 0.6) is 0 Å². The zero-order chi connectivity index (χ0) is 17.7. The average molecular weight is 328 g/mol. The minimum absolute atomic E-state index is 0.144. The van der Waals surface area contributed by atoms with Crippen molar-refractivity contribution in [3.63, 3.8) is 0 Å². The molecule has 0 atom stereocenters. The van der Waals surface area contributed by atoms with Crippen LogP contribution in [0.2, 0.25) is 0 Å². The molecule has 0 aliphatic rings. The fourth-order valence-electron chi connectivity index (χ4n) is 2.09. The van der Waals surface area contributed by atoms with Crippen LogP contribution in [0, 0.1) is 11.8 Å². The lowest BCUT2D eigenvalue weighted by Crippen LogP contribution is -2.32. The summed E-state index contributed by atoms with van der Waals surface area (Å²) in [6, 6.07) is 5.31. The first-order valence-electron chi connectivity index (χ1n) is 7.45. The summed E-state index contributed by atoms with van der Waals surface area (Å²) in [7, 11) is 1.34. The first kappa shape index (κ1) is 17.4. The Labute approximate surface area is 140 Å². The van der Waals surface area contributed by atoms with E-state index in [9.17, 15) is 9.59 Å². The van der Waals surface area contributed by atoms with Gasteiger partial charge in [-0.25, -0.2) is 9.59 Å². The number of hydrogen-bond acceptors (Lipinski definition) is 4. The van der Waals surface area contributed by atoms with E-state index in [2.05, 4.69) is 22.1 Å². The van der Waals surface area contributed by atoms with Gasteiger partial charge in [-0.15, -0.1) is 0 Å². The Kier molecular flexibility index (Phi) is 5.14. The molecule has 1 heterocycles. The van der Waals surface area contributed by atoms with Crippen LogP contribution in [-0.2, 0) is 9.47 Å². The van der Waals surface area contributed by atoms with Gasteiger partial charge in [-0.3, -0.25) is 0 Å². The Morgan fingerprint density at radius 3 is 2.71 bits per heavy atom. The SMILES string of the molecule is COC(=O)c1cc(C#CCNC(=O)OC(C)(C)C)cc2[nH]ccc12. The number of rotatable bonds is 2. The van der Waals surface area contributed by atoms with Crippen molar-refractivity contribution in [3.05, 3.63) is 35.5 Å². The molecule has 6 heteroatoms. The van der Waals surface area contributed by atoms with Crippen molar-refractivity contribution in [2.45, 2.75) is 26.4 Å². The number of aromatic amines is 1. The van der Waals surface area contributed by atoms with Crippen molar-refractivity contribution in [3.8, 4) is 11.8 Å². The number of H-pyrrole nitrogens is 1. The fraction of sp³-hybridized carbons (Fsp3) is 0.333. The van der Waals surface area contributed by atoms with Gasteiger partial charge in [0.15, 0.2) is 0 Å². The molecule has 0 fully saturated rings. The van der Waals surface area contributed by atoms with Crippen LogP contribution in [0.1, 0.15) is 36.7 Å². The topological polar surface area (TPSA) is 80.4 Å². The summed E-state index contributed by atoms with van der Waals surface area (Å²) in [5.41, 5.74) is 1.34. The Hall–Kier alpha value is -2.94. The van der Waals surface area contributed by atoms with E-state index in [4.69, 9.17) is 9.47 Å². The molecule has 0 spiro atoms. The quantitative estimate of drug-likeness (QED) is 0.656. The number of ether oxygens (including phenoxy) is 2. The van der Waals surface area contributed by atoms with Gasteiger partial charge in [0.1, 0.15) is 5.60 Å². The maximum atomic E-state index is 11.9. The third-order valence-corrected chi connectivity index (χ3v) is 3.03. The number of amides is 1. The molecule has 126 valence electrons. The molecule has 0 aliphatic carbocycles. The van der Waals surface area contributed by atoms with Crippen LogP contribution < -0.4 is 5.32 Å². The van der Waals surface area contributed by atoms with Crippen molar-refractivity contribution < 1.29 is 19.1 Å². The molecule has 2 aromatic rings. The van der Waals surface area contributed by atoms with Crippen LogP contribution in [0.4, 0.5) is 4.79 Å². The third kappa shape index (κ3) is 4.53. The zero-order valence-electron chi connectivity index (χ0n) is 14.1. The van der Waals surface area contributed by atoms with Crippen molar-refractivity contribution in [2.24, 2.45) is 0 Å². The van der Waals surface area contributed by atoms with Gasteiger partial charge >= 0.3 is 12.1 Å². The molecular formula is C18H20N2O4. The molecule has 0 saturated carbocycles. The third-order valence-electron chi connectivity index (χ3n) is 3.03. The molecule has 0 unspecified atom stereocenters. The van der Waals surface area contributed by atoms with Crippen LogP contribution >= 0.6 is 0 Å². The first-order chi connectivity index (χ1) is 11.3. The molecule has 0 aliphatic heterocycles. The Balaban J connectivity index is 2.11. The highest BCUT2D eigenvalue weighted by Crippen LogP contribution is 2.20. The monoisotopic (exact) mass is 328 g/mol. The number of esters is 1. The second-order valence-corrected chi connectivity index (χ2v) is 6.11. The lowest BCUT2D eigenvalue weighted by atomic mass is 10.1. The number of carbonyl (C=O) groups excluding carboxylic acids is 2. The van der Waals surface area contributed by atoms with E-state index in [1.54, 1.807) is 33.0 Å². The smallest absolute Gasteiger partial charge is 0.408 e. The highest BCUT2D eigenvalue weighted by Gasteiger charge is 2.15. The van der Waals surface area contributed by atoms with Gasteiger partial charge in [0.25, 0.3) is 0 Å². The van der Waals surface area contributed by atoms with Crippen LogP contribution in [0.15, 0.2) is 24.4 Å². The molecule has 1 amide bonds. The van der Waals surface area contributed by atoms with Gasteiger partial charge in [0, 0.05) is 22.7 Å². The summed E-state index contributed by atoms with van der Waals surface area (Å²) in [6.07, 6.45) is 1.23. The molecule has 0 radical (unpaired) electrons. The van der Waals surface area contributed by atoms with E-state index < -0.39 is 17.7 Å². The maximum absolute atomic E-state index is 11.9. The zero-order valence-corrected chi connectivity index (χ0v) is 14.1. The minimum Gasteiger partial charge on any atom is -0.465 e. The van der Waals surface area contributed by atoms with E-state index in [1.165, 1.54) is 7.11 Å². The van der Waals surface area contributed by atoms with Gasteiger partial charge in [-0.2, -0.15) is 0 Å². The van der Waals surface area contributed by atoms with Gasteiger partial charge in [0.05, 0.1) is 19.2 Å². The van der Waals surface area contributed by atoms with E-state index in [1.807, 2.05) is 12.1 Å². The number of aromatic nitrogens is 1. The number of benzene rings is 1. The molecule has 6 nitrogen and oxygen atoms in total. The van der Waals surface area contributed by atoms with E-state index >= 15 is 0 Å².